The first-order valence-electron chi connectivity index (χ1n) is 19.7. The molecule has 0 aliphatic carbocycles. The topological polar surface area (TPSA) is 36.1 Å². The van der Waals surface area contributed by atoms with Crippen molar-refractivity contribution in [1.29, 1.82) is 0 Å². The van der Waals surface area contributed by atoms with E-state index in [4.69, 9.17) is 9.47 Å². The van der Waals surface area contributed by atoms with E-state index in [-0.39, 0.29) is 34.0 Å². The molecule has 2 heterocycles. The maximum absolute atomic E-state index is 5.99. The molecule has 0 amide bonds. The molecule has 8 heteroatoms. The van der Waals surface area contributed by atoms with Crippen LogP contribution in [0.25, 0.3) is 0 Å². The number of hydrogen-bond acceptors (Lipinski definition) is 2. The summed E-state index contributed by atoms with van der Waals surface area (Å²) < 4.78 is 21.1. The summed E-state index contributed by atoms with van der Waals surface area (Å²) in [5, 5.41) is 0. The van der Waals surface area contributed by atoms with Crippen molar-refractivity contribution in [1.82, 2.24) is 9.13 Å². The molecule has 0 unspecified atom stereocenters. The first-order valence-corrected chi connectivity index (χ1v) is 19.7. The molecule has 0 saturated carbocycles. The Bertz CT molecular complexity index is 1280. The first kappa shape index (κ1) is 44.6. The van der Waals surface area contributed by atoms with E-state index >= 15 is 0 Å². The van der Waals surface area contributed by atoms with Crippen molar-refractivity contribution in [3.8, 4) is 11.5 Å². The standard InChI is InChI=1S/C43H66N4O2.2BrH/c1-3-5-7-9-11-13-15-17-34-48-42-24-20-40(21-25-42)36-46-32-30-44(38-46)28-19-29-45-31-33-47(39-45)37-41-22-26-43(27-23-41)49-35-18-16-14-12-10-8-6-4-2;;/h20-27,30-33,38-39H,3-19,28-29,34-37H2,1-2H3;2*1H/q+2;;/p-2. The van der Waals surface area contributed by atoms with Crippen LogP contribution in [0.15, 0.2) is 86.0 Å². The maximum Gasteiger partial charge on any atom is 0.244 e. The highest BCUT2D eigenvalue weighted by molar-refractivity contribution is 5.27. The van der Waals surface area contributed by atoms with Gasteiger partial charge < -0.3 is 43.4 Å². The van der Waals surface area contributed by atoms with Crippen molar-refractivity contribution in [2.45, 2.75) is 149 Å². The number of aryl methyl sites for hydroxylation is 2. The summed E-state index contributed by atoms with van der Waals surface area (Å²) in [6.07, 6.45) is 35.4. The van der Waals surface area contributed by atoms with Crippen LogP contribution in [0.4, 0.5) is 0 Å². The minimum absolute atomic E-state index is 0. The van der Waals surface area contributed by atoms with E-state index in [1.807, 2.05) is 0 Å². The Morgan fingerprint density at radius 2 is 0.804 bits per heavy atom. The summed E-state index contributed by atoms with van der Waals surface area (Å²) in [4.78, 5) is 0. The number of nitrogens with zero attached hydrogens (tertiary/aromatic N) is 4. The number of hydrogen-bond donors (Lipinski definition) is 0. The number of halogens is 2. The lowest BCUT2D eigenvalue weighted by molar-refractivity contribution is -0.687. The first-order chi connectivity index (χ1) is 24.2. The third-order valence-corrected chi connectivity index (χ3v) is 9.44. The zero-order chi connectivity index (χ0) is 34.2. The molecule has 4 aromatic rings. The normalized spacial score (nSPS) is 10.9. The van der Waals surface area contributed by atoms with E-state index in [0.29, 0.717) is 0 Å². The third kappa shape index (κ3) is 19.2. The SMILES string of the molecule is CCCCCCCCCCOc1ccc(C[n+]2ccn(CCCn3cc[n+](Cc4ccc(OCCCCCCCCCC)cc4)c3)c2)cc1.[Br-].[Br-]. The van der Waals surface area contributed by atoms with E-state index in [9.17, 15) is 0 Å². The molecule has 0 bridgehead atoms. The molecule has 0 saturated heterocycles. The van der Waals surface area contributed by atoms with Gasteiger partial charge in [-0.05, 0) is 48.2 Å². The Labute approximate surface area is 331 Å². The fraction of sp³-hybridized carbons (Fsp3) is 0.581. The maximum atomic E-state index is 5.99. The highest BCUT2D eigenvalue weighted by Gasteiger charge is 2.09. The molecule has 0 spiro atoms. The number of rotatable bonds is 28. The van der Waals surface area contributed by atoms with Crippen LogP contribution in [0.1, 0.15) is 134 Å². The number of imidazole rings is 2. The lowest BCUT2D eigenvalue weighted by atomic mass is 10.1. The van der Waals surface area contributed by atoms with Gasteiger partial charge in [0.1, 0.15) is 49.4 Å². The van der Waals surface area contributed by atoms with Crippen LogP contribution in [0.5, 0.6) is 11.5 Å². The van der Waals surface area contributed by atoms with Gasteiger partial charge in [0.2, 0.25) is 12.7 Å². The van der Waals surface area contributed by atoms with Crippen molar-refractivity contribution in [3.63, 3.8) is 0 Å². The molecule has 0 aliphatic heterocycles. The van der Waals surface area contributed by atoms with Crippen LogP contribution in [-0.4, -0.2) is 22.3 Å². The predicted octanol–water partition coefficient (Wildman–Crippen LogP) is 4.10. The van der Waals surface area contributed by atoms with Crippen LogP contribution >= 0.6 is 0 Å². The van der Waals surface area contributed by atoms with Crippen LogP contribution in [0.3, 0.4) is 0 Å². The third-order valence-electron chi connectivity index (χ3n) is 9.44. The van der Waals surface area contributed by atoms with Crippen LogP contribution < -0.4 is 52.6 Å². The monoisotopic (exact) mass is 828 g/mol. The second kappa shape index (κ2) is 28.0. The summed E-state index contributed by atoms with van der Waals surface area (Å²) in [6.45, 7) is 9.92. The fourth-order valence-electron chi connectivity index (χ4n) is 6.42. The largest absolute Gasteiger partial charge is 1.00 e. The van der Waals surface area contributed by atoms with Gasteiger partial charge >= 0.3 is 0 Å². The summed E-state index contributed by atoms with van der Waals surface area (Å²) in [6, 6.07) is 17.2. The highest BCUT2D eigenvalue weighted by atomic mass is 79.9. The second-order valence-corrected chi connectivity index (χ2v) is 13.9. The van der Waals surface area contributed by atoms with Gasteiger partial charge in [0.15, 0.2) is 0 Å². The van der Waals surface area contributed by atoms with E-state index < -0.39 is 0 Å². The van der Waals surface area contributed by atoms with Gasteiger partial charge in [-0.15, -0.1) is 0 Å². The average Bonchev–Trinajstić information content (AvgIpc) is 3.77. The van der Waals surface area contributed by atoms with E-state index in [1.165, 1.54) is 101 Å². The molecular formula is C43H66Br2N4O2. The van der Waals surface area contributed by atoms with Gasteiger partial charge in [0.05, 0.1) is 26.3 Å². The van der Waals surface area contributed by atoms with Crippen LogP contribution in [0, 0.1) is 0 Å². The quantitative estimate of drug-likeness (QED) is 0.0640. The van der Waals surface area contributed by atoms with Gasteiger partial charge in [-0.2, -0.15) is 0 Å². The summed E-state index contributed by atoms with van der Waals surface area (Å²) in [7, 11) is 0. The van der Waals surface area contributed by atoms with Crippen molar-refractivity contribution >= 4 is 0 Å². The molecular weight excluding hydrogens is 764 g/mol. The second-order valence-electron chi connectivity index (χ2n) is 13.9. The number of aromatic nitrogens is 4. The number of benzene rings is 2. The Morgan fingerprint density at radius 1 is 0.451 bits per heavy atom. The number of ether oxygens (including phenoxy) is 2. The molecule has 0 fully saturated rings. The predicted molar refractivity (Wildman–Crippen MR) is 201 cm³/mol. The van der Waals surface area contributed by atoms with Crippen LogP contribution in [-0.2, 0) is 26.2 Å². The zero-order valence-corrected chi connectivity index (χ0v) is 34.9. The molecule has 51 heavy (non-hydrogen) atoms. The molecule has 2 aromatic carbocycles. The Balaban J connectivity index is 0.00000451. The van der Waals surface area contributed by atoms with Crippen LogP contribution in [0.2, 0.25) is 0 Å². The lowest BCUT2D eigenvalue weighted by Crippen LogP contribution is -3.00. The fourth-order valence-corrected chi connectivity index (χ4v) is 6.42. The smallest absolute Gasteiger partial charge is 0.244 e. The summed E-state index contributed by atoms with van der Waals surface area (Å²) in [5.41, 5.74) is 2.58. The Hall–Kier alpha value is -2.58. The van der Waals surface area contributed by atoms with E-state index in [2.05, 4.69) is 118 Å². The van der Waals surface area contributed by atoms with Gasteiger partial charge in [-0.3, -0.25) is 0 Å². The molecule has 0 aliphatic rings. The number of unbranched alkanes of at least 4 members (excludes halogenated alkanes) is 14. The van der Waals surface area contributed by atoms with Gasteiger partial charge in [-0.1, -0.05) is 128 Å². The van der Waals surface area contributed by atoms with Crippen molar-refractivity contribution in [2.24, 2.45) is 0 Å². The van der Waals surface area contributed by atoms with Gasteiger partial charge in [-0.25, -0.2) is 18.3 Å². The summed E-state index contributed by atoms with van der Waals surface area (Å²) in [5.74, 6) is 1.96. The molecule has 0 radical (unpaired) electrons. The summed E-state index contributed by atoms with van der Waals surface area (Å²) >= 11 is 0. The van der Waals surface area contributed by atoms with Crippen molar-refractivity contribution in [3.05, 3.63) is 97.1 Å². The molecule has 0 N–H and O–H groups in total. The van der Waals surface area contributed by atoms with E-state index in [1.54, 1.807) is 0 Å². The molecule has 2 aromatic heterocycles. The molecule has 284 valence electrons. The minimum Gasteiger partial charge on any atom is -1.00 e. The molecule has 4 rings (SSSR count). The van der Waals surface area contributed by atoms with Crippen molar-refractivity contribution in [2.75, 3.05) is 13.2 Å². The Morgan fingerprint density at radius 3 is 1.18 bits per heavy atom. The minimum atomic E-state index is 0. The average molecular weight is 831 g/mol. The van der Waals surface area contributed by atoms with Gasteiger partial charge in [0, 0.05) is 6.42 Å². The molecule has 0 atom stereocenters. The van der Waals surface area contributed by atoms with Gasteiger partial charge in [0.25, 0.3) is 0 Å². The van der Waals surface area contributed by atoms with Crippen molar-refractivity contribution < 1.29 is 52.6 Å². The highest BCUT2D eigenvalue weighted by Crippen LogP contribution is 2.15. The lowest BCUT2D eigenvalue weighted by Gasteiger charge is -2.07. The zero-order valence-electron chi connectivity index (χ0n) is 31.7. The molecule has 6 nitrogen and oxygen atoms in total. The van der Waals surface area contributed by atoms with E-state index in [0.717, 1.165) is 70.2 Å². The Kier molecular flexibility index (Phi) is 24.5.